The van der Waals surface area contributed by atoms with Crippen LogP contribution >= 0.6 is 0 Å². The molecule has 0 unspecified atom stereocenters. The molecule has 7 nitrogen and oxygen atoms in total. The van der Waals surface area contributed by atoms with Crippen LogP contribution in [0, 0.1) is 10.1 Å². The van der Waals surface area contributed by atoms with Gasteiger partial charge >= 0.3 is 0 Å². The van der Waals surface area contributed by atoms with Crippen LogP contribution in [0.5, 0.6) is 0 Å². The maximum Gasteiger partial charge on any atom is 0.270 e. The third-order valence-corrected chi connectivity index (χ3v) is 7.77. The number of non-ortho nitro benzene ring substituents is 1. The molecule has 0 saturated heterocycles. The van der Waals surface area contributed by atoms with E-state index in [9.17, 15) is 23.3 Å². The average Bonchev–Trinajstić information content (AvgIpc) is 2.84. The zero-order chi connectivity index (χ0) is 25.0. The van der Waals surface area contributed by atoms with Crippen LogP contribution in [-0.2, 0) is 9.84 Å². The predicted octanol–water partition coefficient (Wildman–Crippen LogP) is 6.57. The van der Waals surface area contributed by atoms with Gasteiger partial charge in [0.15, 0.2) is 9.84 Å². The summed E-state index contributed by atoms with van der Waals surface area (Å²) in [6.07, 6.45) is 11.4. The van der Waals surface area contributed by atoms with Gasteiger partial charge in [-0.05, 0) is 36.8 Å². The van der Waals surface area contributed by atoms with Crippen LogP contribution in [0.15, 0.2) is 53.4 Å². The molecule has 0 aliphatic heterocycles. The van der Waals surface area contributed by atoms with Crippen LogP contribution in [0.2, 0.25) is 0 Å². The maximum atomic E-state index is 12.7. The fourth-order valence-electron chi connectivity index (χ4n) is 3.84. The Hall–Kier alpha value is -2.74. The molecule has 0 heterocycles. The largest absolute Gasteiger partial charge is 0.311 e. The third kappa shape index (κ3) is 8.56. The first kappa shape index (κ1) is 27.5. The molecular weight excluding hydrogens is 452 g/mol. The van der Waals surface area contributed by atoms with Gasteiger partial charge in [0.1, 0.15) is 0 Å². The number of hydrogen-bond acceptors (Lipinski definition) is 5. The molecule has 0 N–H and O–H groups in total. The zero-order valence-electron chi connectivity index (χ0n) is 20.2. The molecular formula is C26H36N2O5S. The van der Waals surface area contributed by atoms with Crippen LogP contribution in [0.4, 0.5) is 11.4 Å². The number of anilines is 1. The van der Waals surface area contributed by atoms with Gasteiger partial charge in [0.2, 0.25) is 0 Å². The molecule has 0 aromatic heterocycles. The van der Waals surface area contributed by atoms with Gasteiger partial charge in [-0.15, -0.1) is 0 Å². The highest BCUT2D eigenvalue weighted by atomic mass is 32.2. The monoisotopic (exact) mass is 488 g/mol. The van der Waals surface area contributed by atoms with E-state index in [1.807, 2.05) is 0 Å². The smallest absolute Gasteiger partial charge is 0.270 e. The van der Waals surface area contributed by atoms with Gasteiger partial charge in [-0.25, -0.2) is 8.42 Å². The SMILES string of the molecule is CCCCCCCCCCCCS(=O)(=O)c1ccc(N(C)C(=O)c2cccc([N+](=O)[O-])c2)cc1. The molecule has 0 fully saturated rings. The Bertz CT molecular complexity index is 1040. The molecule has 0 bridgehead atoms. The molecule has 2 aromatic rings. The van der Waals surface area contributed by atoms with Crippen LogP contribution in [0.3, 0.4) is 0 Å². The van der Waals surface area contributed by atoms with Crippen LogP contribution in [-0.4, -0.2) is 32.0 Å². The molecule has 2 rings (SSSR count). The van der Waals surface area contributed by atoms with E-state index in [0.717, 1.165) is 19.3 Å². The average molecular weight is 489 g/mol. The summed E-state index contributed by atoms with van der Waals surface area (Å²) in [5, 5.41) is 11.0. The van der Waals surface area contributed by atoms with Crippen molar-refractivity contribution in [3.05, 3.63) is 64.2 Å². The lowest BCUT2D eigenvalue weighted by molar-refractivity contribution is -0.384. The fraction of sp³-hybridized carbons (Fsp3) is 0.500. The summed E-state index contributed by atoms with van der Waals surface area (Å²) in [7, 11) is -1.83. The number of benzene rings is 2. The van der Waals surface area contributed by atoms with Crippen molar-refractivity contribution in [2.45, 2.75) is 76.0 Å². The lowest BCUT2D eigenvalue weighted by Crippen LogP contribution is -2.26. The summed E-state index contributed by atoms with van der Waals surface area (Å²) in [4.78, 5) is 24.7. The van der Waals surface area contributed by atoms with Crippen LogP contribution < -0.4 is 4.90 Å². The molecule has 0 atom stereocenters. The van der Waals surface area contributed by atoms with E-state index in [2.05, 4.69) is 6.92 Å². The van der Waals surface area contributed by atoms with E-state index < -0.39 is 20.7 Å². The van der Waals surface area contributed by atoms with Crippen molar-refractivity contribution >= 4 is 27.1 Å². The van der Waals surface area contributed by atoms with Gasteiger partial charge in [0.25, 0.3) is 11.6 Å². The molecule has 0 radical (unpaired) electrons. The Kier molecular flexibility index (Phi) is 11.2. The first-order valence-electron chi connectivity index (χ1n) is 12.1. The number of carbonyl (C=O) groups is 1. The fourth-order valence-corrected chi connectivity index (χ4v) is 5.21. The van der Waals surface area contributed by atoms with Crippen molar-refractivity contribution in [1.29, 1.82) is 0 Å². The molecule has 8 heteroatoms. The van der Waals surface area contributed by atoms with Gasteiger partial charge in [0.05, 0.1) is 15.6 Å². The van der Waals surface area contributed by atoms with Crippen molar-refractivity contribution in [2.75, 3.05) is 17.7 Å². The number of nitro benzene ring substituents is 1. The van der Waals surface area contributed by atoms with Gasteiger partial charge in [-0.1, -0.05) is 70.8 Å². The molecule has 2 aromatic carbocycles. The normalized spacial score (nSPS) is 11.4. The minimum Gasteiger partial charge on any atom is -0.311 e. The molecule has 0 aliphatic carbocycles. The number of unbranched alkanes of at least 4 members (excludes halogenated alkanes) is 9. The highest BCUT2D eigenvalue weighted by Gasteiger charge is 2.18. The second-order valence-electron chi connectivity index (χ2n) is 8.67. The van der Waals surface area contributed by atoms with Crippen molar-refractivity contribution in [2.24, 2.45) is 0 Å². The minimum absolute atomic E-state index is 0.116. The van der Waals surface area contributed by atoms with E-state index in [1.165, 1.54) is 79.8 Å². The van der Waals surface area contributed by atoms with Crippen molar-refractivity contribution in [3.8, 4) is 0 Å². The second-order valence-corrected chi connectivity index (χ2v) is 10.8. The lowest BCUT2D eigenvalue weighted by Gasteiger charge is -2.18. The van der Waals surface area contributed by atoms with Crippen LogP contribution in [0.1, 0.15) is 81.5 Å². The number of nitro groups is 1. The summed E-state index contributed by atoms with van der Waals surface area (Å²) < 4.78 is 25.3. The van der Waals surface area contributed by atoms with Gasteiger partial charge < -0.3 is 4.90 Å². The van der Waals surface area contributed by atoms with E-state index in [1.54, 1.807) is 19.2 Å². The molecule has 0 aliphatic rings. The topological polar surface area (TPSA) is 97.6 Å². The summed E-state index contributed by atoms with van der Waals surface area (Å²) in [5.41, 5.74) is 0.538. The number of hydrogen-bond donors (Lipinski definition) is 0. The third-order valence-electron chi connectivity index (χ3n) is 5.96. The summed E-state index contributed by atoms with van der Waals surface area (Å²) >= 11 is 0. The minimum atomic E-state index is -3.38. The second kappa shape index (κ2) is 13.8. The molecule has 0 spiro atoms. The molecule has 0 saturated carbocycles. The number of nitrogens with zero attached hydrogens (tertiary/aromatic N) is 2. The highest BCUT2D eigenvalue weighted by molar-refractivity contribution is 7.91. The maximum absolute atomic E-state index is 12.7. The molecule has 186 valence electrons. The molecule has 34 heavy (non-hydrogen) atoms. The molecule has 1 amide bonds. The highest BCUT2D eigenvalue weighted by Crippen LogP contribution is 2.22. The first-order chi connectivity index (χ1) is 16.3. The standard InChI is InChI=1S/C26H36N2O5S/c1-3-4-5-6-7-8-9-10-11-12-20-34(32,33)25-18-16-23(17-19-25)27(2)26(29)22-14-13-15-24(21-22)28(30)31/h13-19,21H,3-12,20H2,1-2H3. The number of sulfone groups is 1. The summed E-state index contributed by atoms with van der Waals surface area (Å²) in [5.74, 6) is -0.296. The van der Waals surface area contributed by atoms with Gasteiger partial charge in [-0.3, -0.25) is 14.9 Å². The number of amides is 1. The van der Waals surface area contributed by atoms with E-state index in [-0.39, 0.29) is 21.9 Å². The Morgan fingerprint density at radius 1 is 0.882 bits per heavy atom. The van der Waals surface area contributed by atoms with E-state index in [4.69, 9.17) is 0 Å². The van der Waals surface area contributed by atoms with Crippen molar-refractivity contribution in [1.82, 2.24) is 0 Å². The Morgan fingerprint density at radius 3 is 2.00 bits per heavy atom. The van der Waals surface area contributed by atoms with E-state index >= 15 is 0 Å². The van der Waals surface area contributed by atoms with Crippen molar-refractivity contribution in [3.63, 3.8) is 0 Å². The Balaban J connectivity index is 1.84. The summed E-state index contributed by atoms with van der Waals surface area (Å²) in [6, 6.07) is 11.7. The predicted molar refractivity (Wildman–Crippen MR) is 136 cm³/mol. The first-order valence-corrected chi connectivity index (χ1v) is 13.8. The zero-order valence-corrected chi connectivity index (χ0v) is 21.1. The number of carbonyl (C=O) groups excluding carboxylic acids is 1. The summed E-state index contributed by atoms with van der Waals surface area (Å²) in [6.45, 7) is 2.21. The van der Waals surface area contributed by atoms with Crippen molar-refractivity contribution < 1.29 is 18.1 Å². The van der Waals surface area contributed by atoms with Crippen LogP contribution in [0.25, 0.3) is 0 Å². The van der Waals surface area contributed by atoms with Gasteiger partial charge in [-0.2, -0.15) is 0 Å². The Labute approximate surface area is 203 Å². The number of rotatable bonds is 15. The quantitative estimate of drug-likeness (QED) is 0.160. The Morgan fingerprint density at radius 2 is 1.44 bits per heavy atom. The van der Waals surface area contributed by atoms with Gasteiger partial charge in [0, 0.05) is 30.4 Å². The van der Waals surface area contributed by atoms with E-state index in [0.29, 0.717) is 12.1 Å². The lowest BCUT2D eigenvalue weighted by atomic mass is 10.1.